The molecular formula is C27H37F2N7. The third-order valence-electron chi connectivity index (χ3n) is 6.60. The molecule has 0 saturated heterocycles. The minimum Gasteiger partial charge on any atom is -0.368 e. The molecule has 0 saturated carbocycles. The second kappa shape index (κ2) is 10.1. The van der Waals surface area contributed by atoms with Crippen molar-refractivity contribution in [2.24, 2.45) is 5.41 Å². The molecule has 1 N–H and O–H groups in total. The zero-order valence-corrected chi connectivity index (χ0v) is 22.4. The van der Waals surface area contributed by atoms with Crippen molar-refractivity contribution in [3.05, 3.63) is 47.3 Å². The summed E-state index contributed by atoms with van der Waals surface area (Å²) in [5, 5.41) is 7.64. The second-order valence-electron chi connectivity index (χ2n) is 10.5. The molecule has 0 unspecified atom stereocenters. The first-order chi connectivity index (χ1) is 17.1. The summed E-state index contributed by atoms with van der Waals surface area (Å²) in [5.74, 6) is -0.0971. The number of nitrogens with one attached hydrogen (secondary N) is 1. The van der Waals surface area contributed by atoms with Crippen LogP contribution in [0.2, 0.25) is 0 Å². The van der Waals surface area contributed by atoms with E-state index in [0.29, 0.717) is 23.4 Å². The molecule has 0 aliphatic carbocycles. The maximum Gasteiger partial charge on any atom is 0.229 e. The summed E-state index contributed by atoms with van der Waals surface area (Å²) in [6, 6.07) is 5.38. The Bertz CT molecular complexity index is 1240. The van der Waals surface area contributed by atoms with Crippen LogP contribution in [0.4, 0.5) is 26.2 Å². The summed E-state index contributed by atoms with van der Waals surface area (Å²) in [5.41, 5.74) is 2.99. The van der Waals surface area contributed by atoms with Gasteiger partial charge in [-0.3, -0.25) is 9.58 Å². The highest BCUT2D eigenvalue weighted by atomic mass is 19.1. The fraction of sp³-hybridized carbons (Fsp3) is 0.519. The van der Waals surface area contributed by atoms with Gasteiger partial charge in [-0.1, -0.05) is 27.7 Å². The Kier molecular flexibility index (Phi) is 7.31. The molecule has 4 heterocycles. The first-order valence-corrected chi connectivity index (χ1v) is 12.7. The first-order valence-electron chi connectivity index (χ1n) is 12.7. The Morgan fingerprint density at radius 1 is 1.06 bits per heavy atom. The highest BCUT2D eigenvalue weighted by molar-refractivity contribution is 5.71. The van der Waals surface area contributed by atoms with Crippen molar-refractivity contribution >= 4 is 17.5 Å². The number of halogens is 2. The van der Waals surface area contributed by atoms with Gasteiger partial charge in [-0.15, -0.1) is 0 Å². The molecule has 0 amide bonds. The third kappa shape index (κ3) is 5.21. The van der Waals surface area contributed by atoms with Crippen LogP contribution in [0.5, 0.6) is 0 Å². The molecule has 9 heteroatoms. The van der Waals surface area contributed by atoms with E-state index < -0.39 is 5.82 Å². The highest BCUT2D eigenvalue weighted by Crippen LogP contribution is 2.41. The molecule has 2 aliphatic rings. The molecule has 7 nitrogen and oxygen atoms in total. The van der Waals surface area contributed by atoms with E-state index in [-0.39, 0.29) is 28.9 Å². The quantitative estimate of drug-likeness (QED) is 0.504. The van der Waals surface area contributed by atoms with E-state index in [0.717, 1.165) is 43.8 Å². The lowest BCUT2D eigenvalue weighted by Gasteiger charge is -2.43. The van der Waals surface area contributed by atoms with Gasteiger partial charge in [0.25, 0.3) is 0 Å². The van der Waals surface area contributed by atoms with E-state index in [4.69, 9.17) is 0 Å². The van der Waals surface area contributed by atoms with Crippen LogP contribution >= 0.6 is 0 Å². The molecule has 0 spiro atoms. The van der Waals surface area contributed by atoms with Gasteiger partial charge in [-0.05, 0) is 44.9 Å². The average Bonchev–Trinajstić information content (AvgIpc) is 3.22. The molecule has 2 aliphatic heterocycles. The zero-order valence-electron chi connectivity index (χ0n) is 22.4. The monoisotopic (exact) mass is 497 g/mol. The minimum atomic E-state index is -0.595. The molecule has 5 rings (SSSR count). The van der Waals surface area contributed by atoms with Gasteiger partial charge >= 0.3 is 0 Å². The van der Waals surface area contributed by atoms with Gasteiger partial charge in [0.1, 0.15) is 11.5 Å². The van der Waals surface area contributed by atoms with Gasteiger partial charge in [0, 0.05) is 48.6 Å². The van der Waals surface area contributed by atoms with Crippen LogP contribution in [0.1, 0.15) is 52.8 Å². The van der Waals surface area contributed by atoms with Crippen molar-refractivity contribution < 1.29 is 8.78 Å². The number of aromatic nitrogens is 4. The molecule has 0 fully saturated rings. The summed E-state index contributed by atoms with van der Waals surface area (Å²) in [7, 11) is 2.07. The van der Waals surface area contributed by atoms with Crippen molar-refractivity contribution in [3.63, 3.8) is 0 Å². The van der Waals surface area contributed by atoms with Gasteiger partial charge in [0.15, 0.2) is 11.6 Å². The van der Waals surface area contributed by atoms with Gasteiger partial charge < -0.3 is 10.2 Å². The van der Waals surface area contributed by atoms with Crippen LogP contribution in [0, 0.1) is 17.0 Å². The van der Waals surface area contributed by atoms with Crippen LogP contribution in [-0.4, -0.2) is 50.8 Å². The average molecular weight is 498 g/mol. The summed E-state index contributed by atoms with van der Waals surface area (Å²) in [6.45, 7) is 15.8. The van der Waals surface area contributed by atoms with Gasteiger partial charge in [0.2, 0.25) is 5.95 Å². The Hall–Kier alpha value is -3.07. The molecule has 0 atom stereocenters. The van der Waals surface area contributed by atoms with Crippen LogP contribution in [0.3, 0.4) is 0 Å². The normalized spacial score (nSPS) is 16.8. The van der Waals surface area contributed by atoms with E-state index in [2.05, 4.69) is 64.9 Å². The second-order valence-corrected chi connectivity index (χ2v) is 10.5. The van der Waals surface area contributed by atoms with Crippen LogP contribution in [0.15, 0.2) is 24.4 Å². The number of benzene rings is 1. The van der Waals surface area contributed by atoms with Crippen LogP contribution in [0.25, 0.3) is 11.3 Å². The predicted octanol–water partition coefficient (Wildman–Crippen LogP) is 5.63. The number of fused-ring (bicyclic) bond motifs is 2. The smallest absolute Gasteiger partial charge is 0.229 e. The lowest BCUT2D eigenvalue weighted by Crippen LogP contribution is -2.44. The number of hydrogen-bond donors (Lipinski definition) is 1. The molecule has 3 aromatic rings. The van der Waals surface area contributed by atoms with Crippen molar-refractivity contribution in [2.75, 3.05) is 30.4 Å². The third-order valence-corrected chi connectivity index (χ3v) is 6.60. The van der Waals surface area contributed by atoms with E-state index in [1.807, 2.05) is 30.7 Å². The summed E-state index contributed by atoms with van der Waals surface area (Å²) >= 11 is 0. The Morgan fingerprint density at radius 2 is 1.81 bits per heavy atom. The highest BCUT2D eigenvalue weighted by Gasteiger charge is 2.34. The maximum absolute atomic E-state index is 15.3. The molecule has 1 aromatic carbocycles. The number of hydrogen-bond acceptors (Lipinski definition) is 6. The predicted molar refractivity (Wildman–Crippen MR) is 141 cm³/mol. The number of likely N-dealkylation sites (N-methyl/N-ethyl adjacent to an activating group) is 1. The number of rotatable bonds is 4. The lowest BCUT2D eigenvalue weighted by atomic mass is 9.80. The van der Waals surface area contributed by atoms with Gasteiger partial charge in [0.05, 0.1) is 18.4 Å². The first kappa shape index (κ1) is 26.0. The minimum absolute atomic E-state index is 0.0462. The molecule has 2 aromatic heterocycles. The summed E-state index contributed by atoms with van der Waals surface area (Å²) in [6.07, 6.45) is 1.76. The van der Waals surface area contributed by atoms with Crippen molar-refractivity contribution in [1.82, 2.24) is 24.6 Å². The standard InChI is InChI=1S/C25H31F2N7.C2H6/c1-15(2)33-14-25(3,4)11-18-19(26)8-16(9-21(18)33)23-20(27)12-28-24(30-23)29-22-10-17-13-32(5)6-7-34(17)31-22;1-2/h8-10,12,15H,6-7,11,13-14H2,1-5H3,(H,28,29,30,31);1-2H3. The fourth-order valence-electron chi connectivity index (χ4n) is 4.93. The summed E-state index contributed by atoms with van der Waals surface area (Å²) < 4.78 is 32.1. The Morgan fingerprint density at radius 3 is 2.53 bits per heavy atom. The van der Waals surface area contributed by atoms with E-state index >= 15 is 4.39 Å². The molecular weight excluding hydrogens is 460 g/mol. The Balaban J connectivity index is 0.00000148. The topological polar surface area (TPSA) is 62.1 Å². The van der Waals surface area contributed by atoms with Crippen molar-refractivity contribution in [1.29, 1.82) is 0 Å². The van der Waals surface area contributed by atoms with Gasteiger partial charge in [-0.25, -0.2) is 18.7 Å². The number of nitrogens with zero attached hydrogens (tertiary/aromatic N) is 6. The summed E-state index contributed by atoms with van der Waals surface area (Å²) in [4.78, 5) is 12.9. The largest absolute Gasteiger partial charge is 0.368 e. The van der Waals surface area contributed by atoms with Gasteiger partial charge in [-0.2, -0.15) is 5.10 Å². The molecule has 0 radical (unpaired) electrons. The molecule has 0 bridgehead atoms. The van der Waals surface area contributed by atoms with Crippen LogP contribution < -0.4 is 10.2 Å². The molecule has 194 valence electrons. The SMILES string of the molecule is CC.CC(C)N1CC(C)(C)Cc2c(F)cc(-c3nc(Nc4cc5n(n4)CCN(C)C5)ncc3F)cc21. The van der Waals surface area contributed by atoms with E-state index in [9.17, 15) is 4.39 Å². The zero-order chi connectivity index (χ0) is 26.2. The van der Waals surface area contributed by atoms with E-state index in [1.54, 1.807) is 0 Å². The van der Waals surface area contributed by atoms with Crippen molar-refractivity contribution in [3.8, 4) is 11.3 Å². The molecule has 36 heavy (non-hydrogen) atoms. The fourth-order valence-corrected chi connectivity index (χ4v) is 4.93. The maximum atomic E-state index is 15.3. The number of anilines is 3. The Labute approximate surface area is 212 Å². The van der Waals surface area contributed by atoms with E-state index in [1.165, 1.54) is 6.07 Å². The lowest BCUT2D eigenvalue weighted by molar-refractivity contribution is 0.259. The van der Waals surface area contributed by atoms with Crippen molar-refractivity contribution in [2.45, 2.75) is 67.1 Å². The van der Waals surface area contributed by atoms with Crippen LogP contribution in [-0.2, 0) is 19.5 Å².